The van der Waals surface area contributed by atoms with Crippen LogP contribution in [0.15, 0.2) is 53.5 Å². The smallest absolute Gasteiger partial charge is 0.251 e. The van der Waals surface area contributed by atoms with Crippen molar-refractivity contribution >= 4 is 23.5 Å². The average molecular weight is 422 g/mol. The van der Waals surface area contributed by atoms with E-state index in [-0.39, 0.29) is 11.8 Å². The first kappa shape index (κ1) is 22.3. The highest BCUT2D eigenvalue weighted by molar-refractivity contribution is 5.95. The van der Waals surface area contributed by atoms with Crippen LogP contribution in [0.4, 0.5) is 5.69 Å². The zero-order chi connectivity index (χ0) is 22.1. The largest absolute Gasteiger partial charge is 0.352 e. The van der Waals surface area contributed by atoms with Crippen molar-refractivity contribution in [2.45, 2.75) is 39.3 Å². The third-order valence-electron chi connectivity index (χ3n) is 5.19. The minimum atomic E-state index is -0.0507. The first-order valence-electron chi connectivity index (χ1n) is 10.8. The van der Waals surface area contributed by atoms with E-state index in [2.05, 4.69) is 20.9 Å². The molecule has 7 heteroatoms. The molecule has 3 N–H and O–H groups in total. The van der Waals surface area contributed by atoms with Crippen molar-refractivity contribution in [2.75, 3.05) is 25.0 Å². The SMILES string of the molecule is CCCNC(=O)c1cccc(CNC(=NC)NCc2ccc(N3CCCC3=O)cc2)c1. The van der Waals surface area contributed by atoms with Crippen LogP contribution in [0.5, 0.6) is 0 Å². The predicted molar refractivity (Wildman–Crippen MR) is 124 cm³/mol. The second-order valence-corrected chi connectivity index (χ2v) is 7.55. The normalized spacial score (nSPS) is 13.9. The van der Waals surface area contributed by atoms with E-state index in [1.807, 2.05) is 60.4 Å². The van der Waals surface area contributed by atoms with E-state index < -0.39 is 0 Å². The van der Waals surface area contributed by atoms with E-state index in [0.717, 1.165) is 36.2 Å². The zero-order valence-corrected chi connectivity index (χ0v) is 18.3. The molecule has 3 rings (SSSR count). The quantitative estimate of drug-likeness (QED) is 0.452. The van der Waals surface area contributed by atoms with Gasteiger partial charge in [0.25, 0.3) is 5.91 Å². The Morgan fingerprint density at radius 1 is 1.03 bits per heavy atom. The molecule has 0 atom stereocenters. The van der Waals surface area contributed by atoms with Crippen LogP contribution in [0.2, 0.25) is 0 Å². The Morgan fingerprint density at radius 3 is 2.42 bits per heavy atom. The summed E-state index contributed by atoms with van der Waals surface area (Å²) in [5.41, 5.74) is 3.73. The van der Waals surface area contributed by atoms with E-state index in [0.29, 0.717) is 37.6 Å². The summed E-state index contributed by atoms with van der Waals surface area (Å²) in [5, 5.41) is 9.48. The van der Waals surface area contributed by atoms with Crippen molar-refractivity contribution in [3.63, 3.8) is 0 Å². The Labute approximate surface area is 183 Å². The molecule has 0 unspecified atom stereocenters. The van der Waals surface area contributed by atoms with Crippen LogP contribution in [0.3, 0.4) is 0 Å². The number of amides is 2. The maximum Gasteiger partial charge on any atom is 0.251 e. The number of hydrogen-bond donors (Lipinski definition) is 3. The molecule has 164 valence electrons. The molecule has 0 spiro atoms. The monoisotopic (exact) mass is 421 g/mol. The lowest BCUT2D eigenvalue weighted by atomic mass is 10.1. The van der Waals surface area contributed by atoms with Crippen LogP contribution >= 0.6 is 0 Å². The van der Waals surface area contributed by atoms with Crippen molar-refractivity contribution in [3.8, 4) is 0 Å². The molecule has 0 aliphatic carbocycles. The lowest BCUT2D eigenvalue weighted by Crippen LogP contribution is -2.36. The van der Waals surface area contributed by atoms with Crippen LogP contribution in [0.25, 0.3) is 0 Å². The summed E-state index contributed by atoms with van der Waals surface area (Å²) < 4.78 is 0. The second kappa shape index (κ2) is 11.2. The Balaban J connectivity index is 1.50. The standard InChI is InChI=1S/C24H31N5O2/c1-3-13-26-23(31)20-7-4-6-19(15-20)17-28-24(25-2)27-16-18-9-11-21(12-10-18)29-14-5-8-22(29)30/h4,6-7,9-12,15H,3,5,8,13-14,16-17H2,1-2H3,(H,26,31)(H2,25,27,28). The Hall–Kier alpha value is -3.35. The fourth-order valence-electron chi connectivity index (χ4n) is 3.47. The topological polar surface area (TPSA) is 85.8 Å². The summed E-state index contributed by atoms with van der Waals surface area (Å²) in [4.78, 5) is 30.1. The van der Waals surface area contributed by atoms with Gasteiger partial charge >= 0.3 is 0 Å². The van der Waals surface area contributed by atoms with Gasteiger partial charge in [-0.25, -0.2) is 0 Å². The molecule has 1 aliphatic heterocycles. The third kappa shape index (κ3) is 6.31. The Kier molecular flexibility index (Phi) is 8.04. The lowest BCUT2D eigenvalue weighted by Gasteiger charge is -2.16. The average Bonchev–Trinajstić information content (AvgIpc) is 3.24. The second-order valence-electron chi connectivity index (χ2n) is 7.55. The van der Waals surface area contributed by atoms with Crippen molar-refractivity contribution < 1.29 is 9.59 Å². The predicted octanol–water partition coefficient (Wildman–Crippen LogP) is 2.82. The van der Waals surface area contributed by atoms with E-state index >= 15 is 0 Å². The first-order valence-corrected chi connectivity index (χ1v) is 10.8. The molecule has 0 saturated carbocycles. The Bertz CT molecular complexity index is 924. The van der Waals surface area contributed by atoms with E-state index in [9.17, 15) is 9.59 Å². The molecule has 2 amide bonds. The fraction of sp³-hybridized carbons (Fsp3) is 0.375. The maximum absolute atomic E-state index is 12.1. The van der Waals surface area contributed by atoms with Gasteiger partial charge in [-0.3, -0.25) is 14.6 Å². The summed E-state index contributed by atoms with van der Waals surface area (Å²) in [7, 11) is 1.73. The molecule has 7 nitrogen and oxygen atoms in total. The van der Waals surface area contributed by atoms with Crippen LogP contribution in [0.1, 0.15) is 47.7 Å². The number of rotatable bonds is 8. The van der Waals surface area contributed by atoms with Gasteiger partial charge < -0.3 is 20.9 Å². The summed E-state index contributed by atoms with van der Waals surface area (Å²) in [5.74, 6) is 0.826. The summed E-state index contributed by atoms with van der Waals surface area (Å²) >= 11 is 0. The number of carbonyl (C=O) groups excluding carboxylic acids is 2. The van der Waals surface area contributed by atoms with Crippen molar-refractivity contribution in [3.05, 3.63) is 65.2 Å². The maximum atomic E-state index is 12.1. The number of aliphatic imine (C=N–C) groups is 1. The van der Waals surface area contributed by atoms with Crippen molar-refractivity contribution in [1.29, 1.82) is 0 Å². The van der Waals surface area contributed by atoms with Gasteiger partial charge in [-0.15, -0.1) is 0 Å². The zero-order valence-electron chi connectivity index (χ0n) is 18.3. The van der Waals surface area contributed by atoms with Gasteiger partial charge in [0, 0.05) is 50.9 Å². The lowest BCUT2D eigenvalue weighted by molar-refractivity contribution is -0.117. The minimum Gasteiger partial charge on any atom is -0.352 e. The van der Waals surface area contributed by atoms with Gasteiger partial charge in [0.15, 0.2) is 5.96 Å². The van der Waals surface area contributed by atoms with Crippen molar-refractivity contribution in [2.24, 2.45) is 4.99 Å². The minimum absolute atomic E-state index is 0.0507. The molecule has 1 fully saturated rings. The van der Waals surface area contributed by atoms with Crippen LogP contribution < -0.4 is 20.9 Å². The van der Waals surface area contributed by atoms with E-state index in [1.165, 1.54) is 0 Å². The van der Waals surface area contributed by atoms with Gasteiger partial charge in [0.05, 0.1) is 0 Å². The highest BCUT2D eigenvalue weighted by Gasteiger charge is 2.21. The molecule has 2 aromatic carbocycles. The molecule has 0 radical (unpaired) electrons. The molecular formula is C24H31N5O2. The number of anilines is 1. The van der Waals surface area contributed by atoms with E-state index in [4.69, 9.17) is 0 Å². The molecule has 2 aromatic rings. The first-order chi connectivity index (χ1) is 15.1. The van der Waals surface area contributed by atoms with Crippen LogP contribution in [0, 0.1) is 0 Å². The van der Waals surface area contributed by atoms with Gasteiger partial charge in [-0.1, -0.05) is 31.2 Å². The van der Waals surface area contributed by atoms with Crippen LogP contribution in [-0.2, 0) is 17.9 Å². The number of guanidine groups is 1. The highest BCUT2D eigenvalue weighted by Crippen LogP contribution is 2.21. The number of hydrogen-bond acceptors (Lipinski definition) is 3. The van der Waals surface area contributed by atoms with Crippen LogP contribution in [-0.4, -0.2) is 37.9 Å². The number of nitrogens with one attached hydrogen (secondary N) is 3. The van der Waals surface area contributed by atoms with E-state index in [1.54, 1.807) is 7.05 Å². The summed E-state index contributed by atoms with van der Waals surface area (Å²) in [6.07, 6.45) is 2.47. The van der Waals surface area contributed by atoms with Crippen molar-refractivity contribution in [1.82, 2.24) is 16.0 Å². The molecule has 0 aromatic heterocycles. The molecular weight excluding hydrogens is 390 g/mol. The highest BCUT2D eigenvalue weighted by atomic mass is 16.2. The molecule has 1 heterocycles. The van der Waals surface area contributed by atoms with Gasteiger partial charge in [0.1, 0.15) is 0 Å². The van der Waals surface area contributed by atoms with Gasteiger partial charge in [-0.05, 0) is 48.2 Å². The molecule has 1 aliphatic rings. The third-order valence-corrected chi connectivity index (χ3v) is 5.19. The summed E-state index contributed by atoms with van der Waals surface area (Å²) in [6, 6.07) is 15.6. The summed E-state index contributed by atoms with van der Waals surface area (Å²) in [6.45, 7) is 4.68. The number of nitrogens with zero attached hydrogens (tertiary/aromatic N) is 2. The van der Waals surface area contributed by atoms with Gasteiger partial charge in [-0.2, -0.15) is 0 Å². The molecule has 0 bridgehead atoms. The van der Waals surface area contributed by atoms with Gasteiger partial charge in [0.2, 0.25) is 5.91 Å². The molecule has 1 saturated heterocycles. The Morgan fingerprint density at radius 2 is 1.77 bits per heavy atom. The fourth-order valence-corrected chi connectivity index (χ4v) is 3.47. The molecule has 31 heavy (non-hydrogen) atoms. The number of carbonyl (C=O) groups is 2. The number of benzene rings is 2.